The number of hydrogen-bond donors (Lipinski definition) is 1. The minimum atomic E-state index is -3.36. The Morgan fingerprint density at radius 1 is 1.39 bits per heavy atom. The van der Waals surface area contributed by atoms with Crippen molar-refractivity contribution in [2.45, 2.75) is 4.90 Å². The molecule has 0 radical (unpaired) electrons. The SMILES string of the molecule is CS(=O)(=O)c1cnn(-c2cc(C(=O)O)ncn2)c1. The lowest BCUT2D eigenvalue weighted by Gasteiger charge is -2.00. The number of carboxylic acid groups (broad SMARTS) is 1. The topological polar surface area (TPSA) is 115 Å². The van der Waals surface area contributed by atoms with Gasteiger partial charge in [0, 0.05) is 12.3 Å². The normalized spacial score (nSPS) is 11.4. The van der Waals surface area contributed by atoms with Crippen LogP contribution >= 0.6 is 0 Å². The molecule has 9 heteroatoms. The number of hydrogen-bond acceptors (Lipinski definition) is 6. The Balaban J connectivity index is 2.46. The minimum absolute atomic E-state index is 0.0259. The number of rotatable bonds is 3. The molecule has 0 saturated carbocycles. The summed E-state index contributed by atoms with van der Waals surface area (Å²) in [6.45, 7) is 0. The van der Waals surface area contributed by atoms with Crippen LogP contribution in [0.4, 0.5) is 0 Å². The van der Waals surface area contributed by atoms with E-state index < -0.39 is 15.8 Å². The second-order valence-corrected chi connectivity index (χ2v) is 5.48. The van der Waals surface area contributed by atoms with E-state index in [9.17, 15) is 13.2 Å². The summed E-state index contributed by atoms with van der Waals surface area (Å²) in [4.78, 5) is 18.1. The van der Waals surface area contributed by atoms with Gasteiger partial charge in [-0.15, -0.1) is 0 Å². The number of aromatic carboxylic acids is 1. The third-order valence-electron chi connectivity index (χ3n) is 2.09. The van der Waals surface area contributed by atoms with Gasteiger partial charge in [0.05, 0.1) is 12.4 Å². The highest BCUT2D eigenvalue weighted by molar-refractivity contribution is 7.90. The molecule has 0 atom stereocenters. The van der Waals surface area contributed by atoms with Crippen molar-refractivity contribution in [2.75, 3.05) is 6.26 Å². The van der Waals surface area contributed by atoms with E-state index in [1.807, 2.05) is 0 Å². The van der Waals surface area contributed by atoms with E-state index in [-0.39, 0.29) is 16.4 Å². The maximum absolute atomic E-state index is 11.3. The van der Waals surface area contributed by atoms with E-state index in [1.165, 1.54) is 16.9 Å². The standard InChI is InChI=1S/C9H8N4O4S/c1-18(16,17)6-3-12-13(4-6)8-2-7(9(14)15)10-5-11-8/h2-5H,1H3,(H,14,15). The molecular formula is C9H8N4O4S. The van der Waals surface area contributed by atoms with Gasteiger partial charge < -0.3 is 5.11 Å². The highest BCUT2D eigenvalue weighted by Gasteiger charge is 2.12. The molecule has 94 valence electrons. The molecule has 0 aliphatic heterocycles. The van der Waals surface area contributed by atoms with Crippen molar-refractivity contribution in [1.29, 1.82) is 0 Å². The summed E-state index contributed by atoms with van der Waals surface area (Å²) in [7, 11) is -3.36. The molecule has 2 rings (SSSR count). The zero-order valence-electron chi connectivity index (χ0n) is 9.18. The van der Waals surface area contributed by atoms with Crippen molar-refractivity contribution in [3.63, 3.8) is 0 Å². The summed E-state index contributed by atoms with van der Waals surface area (Å²) < 4.78 is 23.7. The molecule has 0 aliphatic rings. The molecule has 2 aromatic heterocycles. The maximum Gasteiger partial charge on any atom is 0.354 e. The summed E-state index contributed by atoms with van der Waals surface area (Å²) >= 11 is 0. The van der Waals surface area contributed by atoms with Gasteiger partial charge in [-0.25, -0.2) is 27.9 Å². The quantitative estimate of drug-likeness (QED) is 0.816. The maximum atomic E-state index is 11.3. The molecule has 8 nitrogen and oxygen atoms in total. The van der Waals surface area contributed by atoms with Gasteiger partial charge in [0.15, 0.2) is 21.3 Å². The van der Waals surface area contributed by atoms with Gasteiger partial charge in [-0.05, 0) is 0 Å². The Morgan fingerprint density at radius 3 is 2.67 bits per heavy atom. The van der Waals surface area contributed by atoms with Crippen LogP contribution in [0.2, 0.25) is 0 Å². The second-order valence-electron chi connectivity index (χ2n) is 3.46. The lowest BCUT2D eigenvalue weighted by atomic mass is 10.4. The molecule has 0 aliphatic carbocycles. The van der Waals surface area contributed by atoms with E-state index in [0.29, 0.717) is 0 Å². The van der Waals surface area contributed by atoms with Crippen LogP contribution in [0.3, 0.4) is 0 Å². The molecule has 2 heterocycles. The minimum Gasteiger partial charge on any atom is -0.477 e. The first kappa shape index (κ1) is 12.2. The second kappa shape index (κ2) is 4.18. The van der Waals surface area contributed by atoms with Gasteiger partial charge >= 0.3 is 5.97 Å². The smallest absolute Gasteiger partial charge is 0.354 e. The van der Waals surface area contributed by atoms with Gasteiger partial charge in [0.25, 0.3) is 0 Å². The highest BCUT2D eigenvalue weighted by Crippen LogP contribution is 2.10. The van der Waals surface area contributed by atoms with E-state index in [4.69, 9.17) is 5.11 Å². The van der Waals surface area contributed by atoms with Crippen LogP contribution in [0.25, 0.3) is 5.82 Å². The zero-order valence-corrected chi connectivity index (χ0v) is 9.99. The van der Waals surface area contributed by atoms with Crippen LogP contribution in [0.1, 0.15) is 10.5 Å². The predicted molar refractivity (Wildman–Crippen MR) is 59.2 cm³/mol. The lowest BCUT2D eigenvalue weighted by molar-refractivity contribution is 0.0690. The molecule has 0 bridgehead atoms. The molecule has 0 fully saturated rings. The van der Waals surface area contributed by atoms with Gasteiger partial charge in [-0.1, -0.05) is 0 Å². The Morgan fingerprint density at radius 2 is 2.11 bits per heavy atom. The zero-order chi connectivity index (χ0) is 13.3. The number of nitrogens with zero attached hydrogens (tertiary/aromatic N) is 4. The van der Waals surface area contributed by atoms with Crippen molar-refractivity contribution in [1.82, 2.24) is 19.7 Å². The van der Waals surface area contributed by atoms with E-state index in [1.54, 1.807) is 0 Å². The van der Waals surface area contributed by atoms with Gasteiger partial charge in [0.2, 0.25) is 0 Å². The Hall–Kier alpha value is -2.29. The number of carbonyl (C=O) groups is 1. The van der Waals surface area contributed by atoms with E-state index in [0.717, 1.165) is 18.8 Å². The van der Waals surface area contributed by atoms with Crippen LogP contribution in [0.15, 0.2) is 29.7 Å². The van der Waals surface area contributed by atoms with Gasteiger partial charge in [-0.2, -0.15) is 5.10 Å². The predicted octanol–water partition coefficient (Wildman–Crippen LogP) is -0.236. The summed E-state index contributed by atoms with van der Waals surface area (Å²) in [6, 6.07) is 1.20. The third-order valence-corrected chi connectivity index (χ3v) is 3.16. The summed E-state index contributed by atoms with van der Waals surface area (Å²) in [5, 5.41) is 12.6. The summed E-state index contributed by atoms with van der Waals surface area (Å²) in [5.41, 5.74) is -0.198. The largest absolute Gasteiger partial charge is 0.477 e. The Labute approximate surface area is 102 Å². The molecule has 0 unspecified atom stereocenters. The molecule has 1 N–H and O–H groups in total. The van der Waals surface area contributed by atoms with E-state index in [2.05, 4.69) is 15.1 Å². The first-order valence-electron chi connectivity index (χ1n) is 4.68. The number of carboxylic acids is 1. The number of sulfone groups is 1. The van der Waals surface area contributed by atoms with Crippen molar-refractivity contribution in [3.8, 4) is 5.82 Å². The number of aromatic nitrogens is 4. The first-order chi connectivity index (χ1) is 8.38. The monoisotopic (exact) mass is 268 g/mol. The van der Waals surface area contributed by atoms with Crippen molar-refractivity contribution >= 4 is 15.8 Å². The molecule has 0 aromatic carbocycles. The first-order valence-corrected chi connectivity index (χ1v) is 6.57. The fourth-order valence-corrected chi connectivity index (χ4v) is 1.74. The molecular weight excluding hydrogens is 260 g/mol. The summed E-state index contributed by atoms with van der Waals surface area (Å²) in [5.74, 6) is -1.02. The van der Waals surface area contributed by atoms with E-state index >= 15 is 0 Å². The van der Waals surface area contributed by atoms with Gasteiger partial charge in [-0.3, -0.25) is 0 Å². The average Bonchev–Trinajstić information content (AvgIpc) is 2.78. The van der Waals surface area contributed by atoms with Crippen LogP contribution in [0, 0.1) is 0 Å². The fraction of sp³-hybridized carbons (Fsp3) is 0.111. The highest BCUT2D eigenvalue weighted by atomic mass is 32.2. The Kier molecular flexibility index (Phi) is 2.83. The molecule has 18 heavy (non-hydrogen) atoms. The van der Waals surface area contributed by atoms with Gasteiger partial charge in [0.1, 0.15) is 11.2 Å². The lowest BCUT2D eigenvalue weighted by Crippen LogP contribution is -2.05. The van der Waals surface area contributed by atoms with Crippen LogP contribution in [-0.2, 0) is 9.84 Å². The Bertz CT molecular complexity index is 707. The molecule has 2 aromatic rings. The van der Waals surface area contributed by atoms with Crippen LogP contribution < -0.4 is 0 Å². The fourth-order valence-electron chi connectivity index (χ4n) is 1.21. The van der Waals surface area contributed by atoms with Crippen molar-refractivity contribution < 1.29 is 18.3 Å². The molecule has 0 spiro atoms. The average molecular weight is 268 g/mol. The molecule has 0 amide bonds. The van der Waals surface area contributed by atoms with Crippen molar-refractivity contribution in [3.05, 3.63) is 30.5 Å². The summed E-state index contributed by atoms with van der Waals surface area (Å²) in [6.07, 6.45) is 4.54. The molecule has 0 saturated heterocycles. The van der Waals surface area contributed by atoms with Crippen LogP contribution in [-0.4, -0.2) is 45.5 Å². The van der Waals surface area contributed by atoms with Crippen LogP contribution in [0.5, 0.6) is 0 Å². The third kappa shape index (κ3) is 2.35. The van der Waals surface area contributed by atoms with Crippen molar-refractivity contribution in [2.24, 2.45) is 0 Å².